The molecule has 0 aromatic carbocycles. The summed E-state index contributed by atoms with van der Waals surface area (Å²) in [6.07, 6.45) is 2.66. The molecule has 1 aromatic rings. The number of aromatic nitrogens is 2. The Labute approximate surface area is 114 Å². The van der Waals surface area contributed by atoms with E-state index in [9.17, 15) is 0 Å². The van der Waals surface area contributed by atoms with E-state index in [-0.39, 0.29) is 5.41 Å². The van der Waals surface area contributed by atoms with Crippen LogP contribution in [-0.2, 0) is 12.0 Å². The van der Waals surface area contributed by atoms with Gasteiger partial charge in [-0.25, -0.2) is 0 Å². The third-order valence-electron chi connectivity index (χ3n) is 4.14. The van der Waals surface area contributed by atoms with E-state index in [2.05, 4.69) is 41.2 Å². The quantitative estimate of drug-likeness (QED) is 0.878. The number of nitrogens with zero attached hydrogens (tertiary/aromatic N) is 3. The zero-order valence-electron chi connectivity index (χ0n) is 12.1. The molecule has 5 nitrogen and oxygen atoms in total. The van der Waals surface area contributed by atoms with Gasteiger partial charge in [0.2, 0.25) is 11.8 Å². The smallest absolute Gasteiger partial charge is 0.230 e. The van der Waals surface area contributed by atoms with Crippen LogP contribution in [0.5, 0.6) is 0 Å². The van der Waals surface area contributed by atoms with Crippen LogP contribution in [0.3, 0.4) is 0 Å². The van der Waals surface area contributed by atoms with Gasteiger partial charge in [0, 0.05) is 24.5 Å². The molecule has 2 saturated heterocycles. The van der Waals surface area contributed by atoms with Crippen LogP contribution in [0.2, 0.25) is 0 Å². The Morgan fingerprint density at radius 1 is 1.32 bits per heavy atom. The molecular formula is C14H24N4O. The highest BCUT2D eigenvalue weighted by Gasteiger charge is 2.34. The molecule has 0 bridgehead atoms. The second-order valence-corrected chi connectivity index (χ2v) is 6.91. The molecule has 1 N–H and O–H groups in total. The summed E-state index contributed by atoms with van der Waals surface area (Å²) in [5.74, 6) is 2.29. The van der Waals surface area contributed by atoms with Crippen molar-refractivity contribution in [2.75, 3.05) is 19.6 Å². The van der Waals surface area contributed by atoms with Gasteiger partial charge < -0.3 is 9.73 Å². The molecule has 106 valence electrons. The molecule has 0 spiro atoms. The Morgan fingerprint density at radius 2 is 2.16 bits per heavy atom. The molecule has 0 saturated carbocycles. The van der Waals surface area contributed by atoms with E-state index in [1.807, 2.05) is 0 Å². The van der Waals surface area contributed by atoms with Crippen molar-refractivity contribution in [1.82, 2.24) is 20.4 Å². The van der Waals surface area contributed by atoms with Gasteiger partial charge in [-0.2, -0.15) is 0 Å². The first-order valence-electron chi connectivity index (χ1n) is 7.31. The number of fused-ring (bicyclic) bond motifs is 1. The summed E-state index contributed by atoms with van der Waals surface area (Å²) in [6.45, 7) is 10.5. The van der Waals surface area contributed by atoms with E-state index in [0.29, 0.717) is 6.04 Å². The van der Waals surface area contributed by atoms with E-state index < -0.39 is 0 Å². The molecule has 0 amide bonds. The molecular weight excluding hydrogens is 240 g/mol. The van der Waals surface area contributed by atoms with Crippen LogP contribution in [0.4, 0.5) is 0 Å². The average Bonchev–Trinajstić information content (AvgIpc) is 2.94. The molecule has 1 aromatic heterocycles. The van der Waals surface area contributed by atoms with E-state index in [0.717, 1.165) is 37.3 Å². The van der Waals surface area contributed by atoms with Gasteiger partial charge in [0.05, 0.1) is 6.54 Å². The Kier molecular flexibility index (Phi) is 3.35. The van der Waals surface area contributed by atoms with Crippen molar-refractivity contribution < 1.29 is 4.42 Å². The number of piperidine rings is 1. The molecule has 0 aliphatic carbocycles. The minimum absolute atomic E-state index is 0.0637. The van der Waals surface area contributed by atoms with Gasteiger partial charge in [-0.15, -0.1) is 10.2 Å². The van der Waals surface area contributed by atoms with E-state index >= 15 is 0 Å². The fourth-order valence-corrected chi connectivity index (χ4v) is 3.08. The third-order valence-corrected chi connectivity index (χ3v) is 4.14. The molecule has 3 heterocycles. The third kappa shape index (κ3) is 2.82. The van der Waals surface area contributed by atoms with Crippen molar-refractivity contribution in [3.8, 4) is 0 Å². The monoisotopic (exact) mass is 264 g/mol. The van der Waals surface area contributed by atoms with Crippen molar-refractivity contribution >= 4 is 0 Å². The lowest BCUT2D eigenvalue weighted by molar-refractivity contribution is 0.267. The summed E-state index contributed by atoms with van der Waals surface area (Å²) in [7, 11) is 0. The Bertz CT molecular complexity index is 423. The molecule has 0 radical (unpaired) electrons. The van der Waals surface area contributed by atoms with Crippen LogP contribution < -0.4 is 5.32 Å². The van der Waals surface area contributed by atoms with Gasteiger partial charge in [-0.05, 0) is 25.3 Å². The minimum atomic E-state index is -0.0637. The summed E-state index contributed by atoms with van der Waals surface area (Å²) in [5, 5.41) is 12.0. The van der Waals surface area contributed by atoms with Gasteiger partial charge in [0.15, 0.2) is 0 Å². The highest BCUT2D eigenvalue weighted by molar-refractivity contribution is 4.97. The van der Waals surface area contributed by atoms with Crippen LogP contribution in [0.15, 0.2) is 4.42 Å². The predicted octanol–water partition coefficient (Wildman–Crippen LogP) is 1.55. The van der Waals surface area contributed by atoms with Crippen molar-refractivity contribution in [2.45, 2.75) is 51.6 Å². The summed E-state index contributed by atoms with van der Waals surface area (Å²) in [6, 6.07) is 0.666. The largest absolute Gasteiger partial charge is 0.423 e. The van der Waals surface area contributed by atoms with Gasteiger partial charge in [-0.1, -0.05) is 20.8 Å². The van der Waals surface area contributed by atoms with E-state index in [1.165, 1.54) is 19.4 Å². The number of hydrogen-bond donors (Lipinski definition) is 1. The number of likely N-dealkylation sites (tertiary alicyclic amines) is 1. The van der Waals surface area contributed by atoms with Crippen molar-refractivity contribution in [3.05, 3.63) is 11.8 Å². The Balaban J connectivity index is 1.61. The summed E-state index contributed by atoms with van der Waals surface area (Å²) in [5.41, 5.74) is -0.0637. The lowest BCUT2D eigenvalue weighted by Gasteiger charge is -2.24. The zero-order chi connectivity index (χ0) is 13.5. The first-order valence-corrected chi connectivity index (χ1v) is 7.31. The van der Waals surface area contributed by atoms with E-state index in [1.54, 1.807) is 0 Å². The highest BCUT2D eigenvalue weighted by Crippen LogP contribution is 2.26. The number of hydrogen-bond acceptors (Lipinski definition) is 5. The van der Waals surface area contributed by atoms with Crippen molar-refractivity contribution in [1.29, 1.82) is 0 Å². The first-order chi connectivity index (χ1) is 9.02. The number of rotatable bonds is 2. The minimum Gasteiger partial charge on any atom is -0.423 e. The Morgan fingerprint density at radius 3 is 2.84 bits per heavy atom. The van der Waals surface area contributed by atoms with Gasteiger partial charge in [0.1, 0.15) is 0 Å². The maximum Gasteiger partial charge on any atom is 0.230 e. The standard InChI is InChI=1S/C14H24N4O/c1-14(2,3)13-17-16-12(19-13)9-18-7-10-5-4-6-15-11(10)8-18/h10-11,15H,4-9H2,1-3H3. The molecule has 2 fully saturated rings. The molecule has 2 aliphatic heterocycles. The normalized spacial score (nSPS) is 28.6. The fraction of sp³-hybridized carbons (Fsp3) is 0.857. The van der Waals surface area contributed by atoms with Crippen LogP contribution >= 0.6 is 0 Å². The van der Waals surface area contributed by atoms with Gasteiger partial charge >= 0.3 is 0 Å². The van der Waals surface area contributed by atoms with Crippen molar-refractivity contribution in [2.24, 2.45) is 5.92 Å². The maximum atomic E-state index is 5.78. The molecule has 2 aliphatic rings. The highest BCUT2D eigenvalue weighted by atomic mass is 16.4. The second-order valence-electron chi connectivity index (χ2n) is 6.91. The summed E-state index contributed by atoms with van der Waals surface area (Å²) < 4.78 is 5.78. The first kappa shape index (κ1) is 13.1. The fourth-order valence-electron chi connectivity index (χ4n) is 3.08. The number of nitrogens with one attached hydrogen (secondary N) is 1. The van der Waals surface area contributed by atoms with Crippen LogP contribution in [-0.4, -0.2) is 40.8 Å². The van der Waals surface area contributed by atoms with Gasteiger partial charge in [-0.3, -0.25) is 4.90 Å². The molecule has 2 atom stereocenters. The lowest BCUT2D eigenvalue weighted by Crippen LogP contribution is -2.40. The average molecular weight is 264 g/mol. The Hall–Kier alpha value is -0.940. The molecule has 19 heavy (non-hydrogen) atoms. The maximum absolute atomic E-state index is 5.78. The van der Waals surface area contributed by atoms with Crippen molar-refractivity contribution in [3.63, 3.8) is 0 Å². The summed E-state index contributed by atoms with van der Waals surface area (Å²) in [4.78, 5) is 2.44. The predicted molar refractivity (Wildman–Crippen MR) is 72.8 cm³/mol. The van der Waals surface area contributed by atoms with Gasteiger partial charge in [0.25, 0.3) is 0 Å². The molecule has 5 heteroatoms. The summed E-state index contributed by atoms with van der Waals surface area (Å²) >= 11 is 0. The van der Waals surface area contributed by atoms with Crippen LogP contribution in [0, 0.1) is 5.92 Å². The van der Waals surface area contributed by atoms with E-state index in [4.69, 9.17) is 4.42 Å². The molecule has 3 rings (SSSR count). The molecule has 2 unspecified atom stereocenters. The topological polar surface area (TPSA) is 54.2 Å². The SMILES string of the molecule is CC(C)(C)c1nnc(CN2CC3CCCNC3C2)o1. The van der Waals surface area contributed by atoms with Crippen LogP contribution in [0.25, 0.3) is 0 Å². The lowest BCUT2D eigenvalue weighted by atomic mass is 9.94. The zero-order valence-corrected chi connectivity index (χ0v) is 12.1. The second kappa shape index (κ2) is 4.87. The van der Waals surface area contributed by atoms with Crippen LogP contribution in [0.1, 0.15) is 45.4 Å².